The first-order valence-electron chi connectivity index (χ1n) is 5.71. The summed E-state index contributed by atoms with van der Waals surface area (Å²) in [5.74, 6) is 1.12. The van der Waals surface area contributed by atoms with Gasteiger partial charge in [0, 0.05) is 30.6 Å². The van der Waals surface area contributed by atoms with Crippen LogP contribution >= 0.6 is 11.3 Å². The van der Waals surface area contributed by atoms with Crippen LogP contribution in [0.25, 0.3) is 0 Å². The Bertz CT molecular complexity index is 563. The first-order valence-corrected chi connectivity index (χ1v) is 6.65. The van der Waals surface area contributed by atoms with Crippen LogP contribution in [0.3, 0.4) is 0 Å². The lowest BCUT2D eigenvalue weighted by molar-refractivity contribution is 0.0593. The topological polar surface area (TPSA) is 59.0 Å². The van der Waals surface area contributed by atoms with Gasteiger partial charge >= 0.3 is 0 Å². The number of amides is 1. The van der Waals surface area contributed by atoms with E-state index in [0.717, 1.165) is 11.5 Å². The number of hydrogen-bond acceptors (Lipinski definition) is 5. The highest BCUT2D eigenvalue weighted by atomic mass is 32.1. The lowest BCUT2D eigenvalue weighted by atomic mass is 9.95. The van der Waals surface area contributed by atoms with Gasteiger partial charge in [0.2, 0.25) is 0 Å². The Balaban J connectivity index is 1.65. The molecule has 0 N–H and O–H groups in total. The van der Waals surface area contributed by atoms with Gasteiger partial charge in [-0.3, -0.25) is 4.79 Å². The highest BCUT2D eigenvalue weighted by Crippen LogP contribution is 2.26. The van der Waals surface area contributed by atoms with Gasteiger partial charge in [-0.2, -0.15) is 0 Å². The van der Waals surface area contributed by atoms with E-state index in [0.29, 0.717) is 24.7 Å². The van der Waals surface area contributed by atoms with Crippen LogP contribution in [0.1, 0.15) is 27.9 Å². The molecule has 1 aliphatic rings. The van der Waals surface area contributed by atoms with E-state index in [4.69, 9.17) is 0 Å². The summed E-state index contributed by atoms with van der Waals surface area (Å²) in [6.07, 6.45) is 1.77. The number of thiazole rings is 1. The molecule has 2 aromatic rings. The minimum Gasteiger partial charge on any atom is -0.336 e. The molecule has 0 atom stereocenters. The molecule has 0 bridgehead atoms. The number of nitrogens with zero attached hydrogens (tertiary/aromatic N) is 4. The Labute approximate surface area is 109 Å². The average Bonchev–Trinajstić information content (AvgIpc) is 2.80. The molecule has 3 rings (SSSR count). The van der Waals surface area contributed by atoms with Gasteiger partial charge in [-0.1, -0.05) is 0 Å². The van der Waals surface area contributed by atoms with Crippen molar-refractivity contribution in [2.75, 3.05) is 13.1 Å². The summed E-state index contributed by atoms with van der Waals surface area (Å²) < 4.78 is 0. The fourth-order valence-corrected chi connectivity index (χ4v) is 2.54. The fraction of sp³-hybridized carbons (Fsp3) is 0.333. The molecule has 0 aromatic carbocycles. The third-order valence-electron chi connectivity index (χ3n) is 3.04. The summed E-state index contributed by atoms with van der Waals surface area (Å²) in [5.41, 5.74) is 3.24. The van der Waals surface area contributed by atoms with Gasteiger partial charge in [0.1, 0.15) is 11.5 Å². The standard InChI is InChI=1S/C12H12N4OS/c1-8-13-3-2-10(15-8)9-4-16(5-9)12(17)11-6-18-7-14-11/h2-3,6-7,9H,4-5H2,1H3. The molecule has 0 aliphatic carbocycles. The summed E-state index contributed by atoms with van der Waals surface area (Å²) in [5, 5.41) is 1.78. The van der Waals surface area contributed by atoms with Crippen molar-refractivity contribution in [2.24, 2.45) is 0 Å². The molecule has 5 nitrogen and oxygen atoms in total. The summed E-state index contributed by atoms with van der Waals surface area (Å²) in [7, 11) is 0. The van der Waals surface area contributed by atoms with E-state index in [1.165, 1.54) is 11.3 Å². The van der Waals surface area contributed by atoms with E-state index >= 15 is 0 Å². The number of rotatable bonds is 2. The summed E-state index contributed by atoms with van der Waals surface area (Å²) >= 11 is 1.44. The molecule has 0 saturated carbocycles. The molecule has 92 valence electrons. The van der Waals surface area contributed by atoms with Crippen LogP contribution in [0.15, 0.2) is 23.2 Å². The zero-order chi connectivity index (χ0) is 12.5. The number of carbonyl (C=O) groups excluding carboxylic acids is 1. The predicted molar refractivity (Wildman–Crippen MR) is 67.5 cm³/mol. The molecule has 0 radical (unpaired) electrons. The zero-order valence-electron chi connectivity index (χ0n) is 9.91. The highest BCUT2D eigenvalue weighted by molar-refractivity contribution is 7.07. The maximum Gasteiger partial charge on any atom is 0.273 e. The van der Waals surface area contributed by atoms with Gasteiger partial charge in [0.05, 0.1) is 11.2 Å². The van der Waals surface area contributed by atoms with Gasteiger partial charge in [-0.05, 0) is 13.0 Å². The normalized spacial score (nSPS) is 15.5. The maximum atomic E-state index is 12.0. The highest BCUT2D eigenvalue weighted by Gasteiger charge is 2.33. The Morgan fingerprint density at radius 1 is 1.44 bits per heavy atom. The molecule has 1 aliphatic heterocycles. The third kappa shape index (κ3) is 1.99. The van der Waals surface area contributed by atoms with E-state index in [1.807, 2.05) is 13.0 Å². The molecular formula is C12H12N4OS. The molecule has 0 unspecified atom stereocenters. The van der Waals surface area contributed by atoms with Crippen molar-refractivity contribution in [1.82, 2.24) is 19.9 Å². The maximum absolute atomic E-state index is 12.0. The number of hydrogen-bond donors (Lipinski definition) is 0. The third-order valence-corrected chi connectivity index (χ3v) is 3.62. The smallest absolute Gasteiger partial charge is 0.273 e. The second-order valence-electron chi connectivity index (χ2n) is 4.31. The Morgan fingerprint density at radius 3 is 2.94 bits per heavy atom. The van der Waals surface area contributed by atoms with Crippen LogP contribution in [0.4, 0.5) is 0 Å². The molecule has 1 saturated heterocycles. The molecular weight excluding hydrogens is 248 g/mol. The fourth-order valence-electron chi connectivity index (χ4n) is 2.01. The lowest BCUT2D eigenvalue weighted by Gasteiger charge is -2.38. The minimum atomic E-state index is 0.0123. The number of aromatic nitrogens is 3. The van der Waals surface area contributed by atoms with Crippen LogP contribution in [0, 0.1) is 6.92 Å². The summed E-state index contributed by atoms with van der Waals surface area (Å²) in [4.78, 5) is 26.3. The van der Waals surface area contributed by atoms with Crippen LogP contribution in [-0.2, 0) is 0 Å². The average molecular weight is 260 g/mol. The van der Waals surface area contributed by atoms with Gasteiger partial charge in [-0.25, -0.2) is 15.0 Å². The van der Waals surface area contributed by atoms with E-state index in [2.05, 4.69) is 15.0 Å². The first kappa shape index (κ1) is 11.3. The van der Waals surface area contributed by atoms with Crippen LogP contribution in [-0.4, -0.2) is 38.8 Å². The molecule has 18 heavy (non-hydrogen) atoms. The van der Waals surface area contributed by atoms with Crippen molar-refractivity contribution < 1.29 is 4.79 Å². The van der Waals surface area contributed by atoms with Gasteiger partial charge in [-0.15, -0.1) is 11.3 Å². The first-order chi connectivity index (χ1) is 8.74. The van der Waals surface area contributed by atoms with Gasteiger partial charge < -0.3 is 4.90 Å². The number of carbonyl (C=O) groups is 1. The van der Waals surface area contributed by atoms with Crippen LogP contribution < -0.4 is 0 Å². The minimum absolute atomic E-state index is 0.0123. The van der Waals surface area contributed by atoms with Gasteiger partial charge in [0.15, 0.2) is 0 Å². The van der Waals surface area contributed by atoms with Crippen molar-refractivity contribution in [1.29, 1.82) is 0 Å². The van der Waals surface area contributed by atoms with Crippen LogP contribution in [0.2, 0.25) is 0 Å². The second-order valence-corrected chi connectivity index (χ2v) is 5.03. The second kappa shape index (κ2) is 4.45. The largest absolute Gasteiger partial charge is 0.336 e. The van der Waals surface area contributed by atoms with E-state index in [9.17, 15) is 4.79 Å². The summed E-state index contributed by atoms with van der Waals surface area (Å²) in [6, 6.07) is 1.92. The van der Waals surface area contributed by atoms with Crippen molar-refractivity contribution in [2.45, 2.75) is 12.8 Å². The molecule has 3 heterocycles. The Hall–Kier alpha value is -1.82. The molecule has 1 fully saturated rings. The van der Waals surface area contributed by atoms with E-state index < -0.39 is 0 Å². The zero-order valence-corrected chi connectivity index (χ0v) is 10.7. The van der Waals surface area contributed by atoms with E-state index in [1.54, 1.807) is 22.0 Å². The lowest BCUT2D eigenvalue weighted by Crippen LogP contribution is -2.48. The molecule has 2 aromatic heterocycles. The van der Waals surface area contributed by atoms with Crippen molar-refractivity contribution in [3.63, 3.8) is 0 Å². The number of aryl methyl sites for hydroxylation is 1. The monoisotopic (exact) mass is 260 g/mol. The molecule has 0 spiro atoms. The Morgan fingerprint density at radius 2 is 2.28 bits per heavy atom. The van der Waals surface area contributed by atoms with Crippen molar-refractivity contribution >= 4 is 17.2 Å². The number of likely N-dealkylation sites (tertiary alicyclic amines) is 1. The summed E-state index contributed by atoms with van der Waals surface area (Å²) in [6.45, 7) is 3.31. The Kier molecular flexibility index (Phi) is 2.79. The predicted octanol–water partition coefficient (Wildman–Crippen LogP) is 1.48. The van der Waals surface area contributed by atoms with Crippen molar-refractivity contribution in [3.05, 3.63) is 40.4 Å². The SMILES string of the molecule is Cc1nccc(C2CN(C(=O)c3cscn3)C2)n1. The van der Waals surface area contributed by atoms with E-state index in [-0.39, 0.29) is 5.91 Å². The van der Waals surface area contributed by atoms with Gasteiger partial charge in [0.25, 0.3) is 5.91 Å². The quantitative estimate of drug-likeness (QED) is 0.820. The van der Waals surface area contributed by atoms with Crippen LogP contribution in [0.5, 0.6) is 0 Å². The molecule has 6 heteroatoms. The molecule has 1 amide bonds. The van der Waals surface area contributed by atoms with Crippen molar-refractivity contribution in [3.8, 4) is 0 Å².